The van der Waals surface area contributed by atoms with Gasteiger partial charge in [-0.25, -0.2) is 5.09 Å². The Morgan fingerprint density at radius 1 is 1.64 bits per heavy atom. The molecule has 0 rings (SSSR count). The van der Waals surface area contributed by atoms with Gasteiger partial charge in [-0.1, -0.05) is 6.92 Å². The van der Waals surface area contributed by atoms with Gasteiger partial charge in [0.2, 0.25) is 0 Å². The van der Waals surface area contributed by atoms with E-state index in [2.05, 4.69) is 5.09 Å². The quantitative estimate of drug-likeness (QED) is 0.657. The smallest absolute Gasteiger partial charge is 0.258 e. The van der Waals surface area contributed by atoms with Crippen LogP contribution in [0.3, 0.4) is 0 Å². The van der Waals surface area contributed by atoms with Crippen molar-refractivity contribution in [3.05, 3.63) is 0 Å². The fraction of sp³-hybridized carbons (Fsp3) is 1.00. The Labute approximate surface area is 73.4 Å². The second-order valence-electron chi connectivity index (χ2n) is 2.38. The van der Waals surface area contributed by atoms with E-state index in [1.54, 1.807) is 0 Å². The van der Waals surface area contributed by atoms with Gasteiger partial charge in [-0.2, -0.15) is 0 Å². The SMILES string of the molecule is CCOP(O)(=S)NC(C)CC. The normalized spacial score (nSPS) is 19.3. The van der Waals surface area contributed by atoms with Crippen LogP contribution in [0.25, 0.3) is 0 Å². The molecule has 0 radical (unpaired) electrons. The average molecular weight is 197 g/mol. The van der Waals surface area contributed by atoms with Crippen LogP contribution in [0.4, 0.5) is 0 Å². The van der Waals surface area contributed by atoms with E-state index >= 15 is 0 Å². The molecule has 0 aromatic rings. The summed E-state index contributed by atoms with van der Waals surface area (Å²) >= 11 is 4.82. The van der Waals surface area contributed by atoms with E-state index in [4.69, 9.17) is 16.3 Å². The third-order valence-corrected chi connectivity index (χ3v) is 3.31. The zero-order valence-corrected chi connectivity index (χ0v) is 8.91. The van der Waals surface area contributed by atoms with Gasteiger partial charge in [0.05, 0.1) is 6.61 Å². The zero-order chi connectivity index (χ0) is 8.91. The largest absolute Gasteiger partial charge is 0.334 e. The molecule has 2 N–H and O–H groups in total. The van der Waals surface area contributed by atoms with Crippen LogP contribution >= 0.6 is 6.64 Å². The van der Waals surface area contributed by atoms with Crippen LogP contribution in [0.15, 0.2) is 0 Å². The Bertz CT molecular complexity index is 154. The second kappa shape index (κ2) is 5.22. The van der Waals surface area contributed by atoms with Crippen molar-refractivity contribution >= 4 is 18.4 Å². The molecule has 0 aliphatic rings. The van der Waals surface area contributed by atoms with Crippen LogP contribution in [-0.4, -0.2) is 17.5 Å². The van der Waals surface area contributed by atoms with Gasteiger partial charge in [0, 0.05) is 6.04 Å². The molecule has 0 spiro atoms. The van der Waals surface area contributed by atoms with Crippen LogP contribution in [0.2, 0.25) is 0 Å². The van der Waals surface area contributed by atoms with Crippen molar-refractivity contribution in [1.82, 2.24) is 5.09 Å². The predicted molar refractivity (Wildman–Crippen MR) is 51.0 cm³/mol. The maximum atomic E-state index is 9.41. The Morgan fingerprint density at radius 3 is 2.55 bits per heavy atom. The summed E-state index contributed by atoms with van der Waals surface area (Å²) in [6, 6.07) is 0.220. The van der Waals surface area contributed by atoms with Gasteiger partial charge in [0.15, 0.2) is 0 Å². The summed E-state index contributed by atoms with van der Waals surface area (Å²) in [5.74, 6) is 0. The Balaban J connectivity index is 3.81. The molecule has 5 heteroatoms. The lowest BCUT2D eigenvalue weighted by Crippen LogP contribution is -2.22. The Kier molecular flexibility index (Phi) is 5.48. The molecule has 2 unspecified atom stereocenters. The van der Waals surface area contributed by atoms with Gasteiger partial charge in [-0.15, -0.1) is 0 Å². The molecule has 0 heterocycles. The summed E-state index contributed by atoms with van der Waals surface area (Å²) in [4.78, 5) is 9.41. The first-order valence-corrected chi connectivity index (χ1v) is 6.44. The topological polar surface area (TPSA) is 41.5 Å². The van der Waals surface area contributed by atoms with Crippen molar-refractivity contribution in [3.63, 3.8) is 0 Å². The van der Waals surface area contributed by atoms with Gasteiger partial charge in [0.25, 0.3) is 6.64 Å². The lowest BCUT2D eigenvalue weighted by atomic mass is 10.3. The van der Waals surface area contributed by atoms with Crippen LogP contribution < -0.4 is 5.09 Å². The van der Waals surface area contributed by atoms with E-state index in [0.29, 0.717) is 6.61 Å². The summed E-state index contributed by atoms with van der Waals surface area (Å²) in [6.45, 7) is 3.58. The summed E-state index contributed by atoms with van der Waals surface area (Å²) in [6.07, 6.45) is 0.937. The lowest BCUT2D eigenvalue weighted by Gasteiger charge is -2.19. The number of nitrogens with one attached hydrogen (secondary N) is 1. The minimum Gasteiger partial charge on any atom is -0.334 e. The molecule has 0 aromatic heterocycles. The molecule has 0 aliphatic heterocycles. The highest BCUT2D eigenvalue weighted by atomic mass is 32.5. The molecule has 0 aromatic carbocycles. The zero-order valence-electron chi connectivity index (χ0n) is 7.20. The maximum Gasteiger partial charge on any atom is 0.258 e. The molecule has 0 fully saturated rings. The monoisotopic (exact) mass is 197 g/mol. The molecule has 0 saturated heterocycles. The highest BCUT2D eigenvalue weighted by Crippen LogP contribution is 2.37. The van der Waals surface area contributed by atoms with E-state index in [1.807, 2.05) is 20.8 Å². The van der Waals surface area contributed by atoms with E-state index < -0.39 is 6.64 Å². The lowest BCUT2D eigenvalue weighted by molar-refractivity contribution is 0.313. The fourth-order valence-electron chi connectivity index (χ4n) is 0.582. The van der Waals surface area contributed by atoms with E-state index in [9.17, 15) is 4.89 Å². The van der Waals surface area contributed by atoms with Gasteiger partial charge in [-0.05, 0) is 32.1 Å². The average Bonchev–Trinajstić information content (AvgIpc) is 1.86. The number of hydrogen-bond acceptors (Lipinski definition) is 2. The number of hydrogen-bond donors (Lipinski definition) is 2. The first kappa shape index (κ1) is 11.5. The third kappa shape index (κ3) is 5.76. The Morgan fingerprint density at radius 2 is 2.18 bits per heavy atom. The molecular formula is C6H16NO2PS. The summed E-state index contributed by atoms with van der Waals surface area (Å²) < 4.78 is 4.97. The molecule has 2 atom stereocenters. The van der Waals surface area contributed by atoms with Crippen molar-refractivity contribution < 1.29 is 9.42 Å². The van der Waals surface area contributed by atoms with Gasteiger partial charge in [-0.3, -0.25) is 0 Å². The summed E-state index contributed by atoms with van der Waals surface area (Å²) in [5.41, 5.74) is 0. The fourth-order valence-corrected chi connectivity index (χ4v) is 2.60. The summed E-state index contributed by atoms with van der Waals surface area (Å²) in [7, 11) is 0. The van der Waals surface area contributed by atoms with E-state index in [1.165, 1.54) is 0 Å². The highest BCUT2D eigenvalue weighted by Gasteiger charge is 2.14. The van der Waals surface area contributed by atoms with Crippen molar-refractivity contribution in [2.45, 2.75) is 33.2 Å². The number of rotatable bonds is 5. The van der Waals surface area contributed by atoms with E-state index in [0.717, 1.165) is 6.42 Å². The molecule has 0 amide bonds. The van der Waals surface area contributed by atoms with Gasteiger partial charge in [0.1, 0.15) is 0 Å². The molecule has 0 aliphatic carbocycles. The molecule has 3 nitrogen and oxygen atoms in total. The van der Waals surface area contributed by atoms with Crippen molar-refractivity contribution in [3.8, 4) is 0 Å². The van der Waals surface area contributed by atoms with Crippen LogP contribution in [0.1, 0.15) is 27.2 Å². The maximum absolute atomic E-state index is 9.41. The molecular weight excluding hydrogens is 181 g/mol. The minimum absolute atomic E-state index is 0.220. The predicted octanol–water partition coefficient (Wildman–Crippen LogP) is 1.63. The first-order valence-electron chi connectivity index (χ1n) is 3.77. The van der Waals surface area contributed by atoms with Crippen LogP contribution in [-0.2, 0) is 16.3 Å². The second-order valence-corrected chi connectivity index (χ2v) is 5.42. The van der Waals surface area contributed by atoms with Crippen LogP contribution in [0.5, 0.6) is 0 Å². The van der Waals surface area contributed by atoms with Crippen molar-refractivity contribution in [1.29, 1.82) is 0 Å². The molecule has 0 bridgehead atoms. The molecule has 68 valence electrons. The van der Waals surface area contributed by atoms with Crippen LogP contribution in [0, 0.1) is 0 Å². The van der Waals surface area contributed by atoms with Crippen molar-refractivity contribution in [2.75, 3.05) is 6.61 Å². The Hall–Kier alpha value is 0.530. The van der Waals surface area contributed by atoms with Gasteiger partial charge >= 0.3 is 0 Å². The molecule has 11 heavy (non-hydrogen) atoms. The highest BCUT2D eigenvalue weighted by molar-refractivity contribution is 8.08. The van der Waals surface area contributed by atoms with Crippen molar-refractivity contribution in [2.24, 2.45) is 0 Å². The minimum atomic E-state index is -2.68. The first-order chi connectivity index (χ1) is 5.02. The summed E-state index contributed by atoms with van der Waals surface area (Å²) in [5, 5.41) is 2.87. The van der Waals surface area contributed by atoms with Gasteiger partial charge < -0.3 is 9.42 Å². The third-order valence-electron chi connectivity index (χ3n) is 1.30. The molecule has 0 saturated carbocycles. The standard InChI is InChI=1S/C6H16NO2PS/c1-4-6(3)7-10(8,11)9-5-2/h6H,4-5H2,1-3H3,(H2,7,8,11). The van der Waals surface area contributed by atoms with E-state index in [-0.39, 0.29) is 6.04 Å².